The molecule has 2 rings (SSSR count). The Kier molecular flexibility index (Phi) is 4.62. The van der Waals surface area contributed by atoms with Crippen LogP contribution in [0.25, 0.3) is 0 Å². The molecule has 0 N–H and O–H groups in total. The van der Waals surface area contributed by atoms with Gasteiger partial charge in [-0.1, -0.05) is 19.8 Å². The maximum atomic E-state index is 12.3. The van der Waals surface area contributed by atoms with E-state index >= 15 is 0 Å². The van der Waals surface area contributed by atoms with Crippen molar-refractivity contribution in [2.45, 2.75) is 39.0 Å². The molecule has 0 unspecified atom stereocenters. The maximum Gasteiger partial charge on any atom is 0.263 e. The van der Waals surface area contributed by atoms with E-state index in [1.807, 2.05) is 11.0 Å². The third-order valence-corrected chi connectivity index (χ3v) is 5.42. The summed E-state index contributed by atoms with van der Waals surface area (Å²) >= 11 is 5.15. The lowest BCUT2D eigenvalue weighted by Crippen LogP contribution is -2.31. The lowest BCUT2D eigenvalue weighted by atomic mass is 10.2. The van der Waals surface area contributed by atoms with Gasteiger partial charge in [0.05, 0.1) is 4.88 Å². The first-order chi connectivity index (χ1) is 8.22. The number of likely N-dealkylation sites (tertiary alicyclic amines) is 1. The molecule has 0 spiro atoms. The van der Waals surface area contributed by atoms with Crippen LogP contribution in [0.4, 0.5) is 0 Å². The average molecular weight is 316 g/mol. The Labute approximate surface area is 115 Å². The fourth-order valence-corrected chi connectivity index (χ4v) is 4.05. The van der Waals surface area contributed by atoms with Gasteiger partial charge in [-0.2, -0.15) is 0 Å². The van der Waals surface area contributed by atoms with Crippen molar-refractivity contribution in [1.29, 1.82) is 0 Å². The van der Waals surface area contributed by atoms with Crippen molar-refractivity contribution < 1.29 is 4.79 Å². The first-order valence-electron chi connectivity index (χ1n) is 6.30. The summed E-state index contributed by atoms with van der Waals surface area (Å²) in [5.41, 5.74) is 0. The Balaban J connectivity index is 2.11. The second-order valence-corrected chi connectivity index (χ2v) is 6.43. The van der Waals surface area contributed by atoms with Gasteiger partial charge in [0.2, 0.25) is 0 Å². The van der Waals surface area contributed by atoms with Gasteiger partial charge in [0.15, 0.2) is 0 Å². The topological polar surface area (TPSA) is 20.3 Å². The summed E-state index contributed by atoms with van der Waals surface area (Å²) < 4.78 is 1.09. The molecule has 1 aliphatic heterocycles. The molecule has 94 valence electrons. The van der Waals surface area contributed by atoms with Crippen molar-refractivity contribution in [3.05, 3.63) is 20.3 Å². The number of carbonyl (C=O) groups excluding carboxylic acids is 1. The van der Waals surface area contributed by atoms with Gasteiger partial charge in [-0.25, -0.2) is 0 Å². The molecule has 0 bridgehead atoms. The minimum Gasteiger partial charge on any atom is -0.338 e. The van der Waals surface area contributed by atoms with Gasteiger partial charge in [-0.15, -0.1) is 11.3 Å². The summed E-state index contributed by atoms with van der Waals surface area (Å²) in [6, 6.07) is 1.98. The van der Waals surface area contributed by atoms with Gasteiger partial charge in [0, 0.05) is 22.4 Å². The number of nitrogens with zero attached hydrogens (tertiary/aromatic N) is 1. The van der Waals surface area contributed by atoms with E-state index in [-0.39, 0.29) is 5.91 Å². The Morgan fingerprint density at radius 2 is 2.00 bits per heavy atom. The number of hydrogen-bond donors (Lipinski definition) is 0. The zero-order valence-corrected chi connectivity index (χ0v) is 12.6. The van der Waals surface area contributed by atoms with Crippen LogP contribution in [0.5, 0.6) is 0 Å². The Morgan fingerprint density at radius 3 is 2.53 bits per heavy atom. The predicted octanol–water partition coefficient (Wildman–Crippen LogP) is 4.09. The zero-order chi connectivity index (χ0) is 12.3. The van der Waals surface area contributed by atoms with E-state index in [9.17, 15) is 4.79 Å². The Hall–Kier alpha value is -0.350. The van der Waals surface area contributed by atoms with Gasteiger partial charge < -0.3 is 4.90 Å². The smallest absolute Gasteiger partial charge is 0.263 e. The largest absolute Gasteiger partial charge is 0.338 e. The van der Waals surface area contributed by atoms with Crippen LogP contribution < -0.4 is 0 Å². The highest BCUT2D eigenvalue weighted by Crippen LogP contribution is 2.29. The molecule has 1 amide bonds. The lowest BCUT2D eigenvalue weighted by Gasteiger charge is -2.19. The monoisotopic (exact) mass is 315 g/mol. The van der Waals surface area contributed by atoms with E-state index < -0.39 is 0 Å². The summed E-state index contributed by atoms with van der Waals surface area (Å²) in [6.45, 7) is 3.97. The molecule has 0 aromatic carbocycles. The number of rotatable bonds is 2. The molecular weight excluding hydrogens is 298 g/mol. The summed E-state index contributed by atoms with van der Waals surface area (Å²) in [5.74, 6) is 0.220. The molecule has 0 radical (unpaired) electrons. The van der Waals surface area contributed by atoms with E-state index in [1.54, 1.807) is 11.3 Å². The molecule has 1 aliphatic rings. The highest BCUT2D eigenvalue weighted by Gasteiger charge is 2.20. The highest BCUT2D eigenvalue weighted by molar-refractivity contribution is 9.10. The number of hydrogen-bond acceptors (Lipinski definition) is 2. The molecule has 4 heteroatoms. The van der Waals surface area contributed by atoms with Crippen LogP contribution in [0.15, 0.2) is 10.5 Å². The van der Waals surface area contributed by atoms with Crippen molar-refractivity contribution in [3.8, 4) is 0 Å². The summed E-state index contributed by atoms with van der Waals surface area (Å²) in [5, 5.41) is 0. The standard InChI is InChI=1S/C13H18BrNOS/c1-2-11-10(14)9-12(17-11)13(16)15-7-5-3-4-6-8-15/h9H,2-8H2,1H3. The van der Waals surface area contributed by atoms with Gasteiger partial charge in [0.1, 0.15) is 0 Å². The van der Waals surface area contributed by atoms with Crippen molar-refractivity contribution in [3.63, 3.8) is 0 Å². The SMILES string of the molecule is CCc1sc(C(=O)N2CCCCCC2)cc1Br. The van der Waals surface area contributed by atoms with Crippen LogP contribution in [0.2, 0.25) is 0 Å². The predicted molar refractivity (Wildman–Crippen MR) is 75.8 cm³/mol. The van der Waals surface area contributed by atoms with E-state index in [1.165, 1.54) is 17.7 Å². The van der Waals surface area contributed by atoms with Crippen molar-refractivity contribution in [2.24, 2.45) is 0 Å². The first kappa shape index (κ1) is 13.1. The molecule has 1 aromatic rings. The van der Waals surface area contributed by atoms with Gasteiger partial charge >= 0.3 is 0 Å². The molecule has 1 fully saturated rings. The Bertz CT molecular complexity index is 394. The summed E-state index contributed by atoms with van der Waals surface area (Å²) in [6.07, 6.45) is 5.81. The van der Waals surface area contributed by atoms with E-state index in [0.29, 0.717) is 0 Å². The number of amides is 1. The number of carbonyl (C=O) groups is 1. The minimum atomic E-state index is 0.220. The lowest BCUT2D eigenvalue weighted by molar-refractivity contribution is 0.0766. The van der Waals surface area contributed by atoms with Crippen LogP contribution in [0, 0.1) is 0 Å². The molecule has 0 atom stereocenters. The van der Waals surface area contributed by atoms with Gasteiger partial charge in [-0.05, 0) is 41.3 Å². The van der Waals surface area contributed by atoms with E-state index in [0.717, 1.165) is 41.7 Å². The molecule has 2 heterocycles. The van der Waals surface area contributed by atoms with Crippen molar-refractivity contribution in [1.82, 2.24) is 4.90 Å². The fourth-order valence-electron chi connectivity index (χ4n) is 2.18. The number of halogens is 1. The van der Waals surface area contributed by atoms with Crippen LogP contribution in [-0.2, 0) is 6.42 Å². The maximum absolute atomic E-state index is 12.3. The molecular formula is C13H18BrNOS. The fraction of sp³-hybridized carbons (Fsp3) is 0.615. The second-order valence-electron chi connectivity index (χ2n) is 4.44. The molecule has 1 aromatic heterocycles. The average Bonchev–Trinajstić information content (AvgIpc) is 2.56. The normalized spacial score (nSPS) is 16.9. The van der Waals surface area contributed by atoms with Crippen LogP contribution in [-0.4, -0.2) is 23.9 Å². The quantitative estimate of drug-likeness (QED) is 0.805. The molecule has 1 saturated heterocycles. The molecule has 2 nitrogen and oxygen atoms in total. The minimum absolute atomic E-state index is 0.220. The molecule has 17 heavy (non-hydrogen) atoms. The third kappa shape index (κ3) is 3.10. The number of aryl methyl sites for hydroxylation is 1. The zero-order valence-electron chi connectivity index (χ0n) is 10.2. The van der Waals surface area contributed by atoms with Crippen LogP contribution in [0.1, 0.15) is 47.2 Å². The van der Waals surface area contributed by atoms with E-state index in [4.69, 9.17) is 0 Å². The van der Waals surface area contributed by atoms with Gasteiger partial charge in [-0.3, -0.25) is 4.79 Å². The second kappa shape index (κ2) is 6.01. The van der Waals surface area contributed by atoms with Crippen molar-refractivity contribution in [2.75, 3.05) is 13.1 Å². The first-order valence-corrected chi connectivity index (χ1v) is 7.90. The van der Waals surface area contributed by atoms with Gasteiger partial charge in [0.25, 0.3) is 5.91 Å². The molecule has 0 aliphatic carbocycles. The van der Waals surface area contributed by atoms with Crippen LogP contribution >= 0.6 is 27.3 Å². The Morgan fingerprint density at radius 1 is 1.35 bits per heavy atom. The highest BCUT2D eigenvalue weighted by atomic mass is 79.9. The van der Waals surface area contributed by atoms with Crippen molar-refractivity contribution >= 4 is 33.2 Å². The summed E-state index contributed by atoms with van der Waals surface area (Å²) in [7, 11) is 0. The number of thiophene rings is 1. The van der Waals surface area contributed by atoms with E-state index in [2.05, 4.69) is 22.9 Å². The molecule has 0 saturated carbocycles. The van der Waals surface area contributed by atoms with Crippen LogP contribution in [0.3, 0.4) is 0 Å². The summed E-state index contributed by atoms with van der Waals surface area (Å²) in [4.78, 5) is 16.5. The third-order valence-electron chi connectivity index (χ3n) is 3.18.